The third kappa shape index (κ3) is 3.27. The molecule has 2 aliphatic heterocycles. The number of anilines is 1. The van der Waals surface area contributed by atoms with E-state index in [0.29, 0.717) is 11.9 Å². The van der Waals surface area contributed by atoms with Crippen molar-refractivity contribution in [1.82, 2.24) is 14.9 Å². The Morgan fingerprint density at radius 2 is 1.82 bits per heavy atom. The van der Waals surface area contributed by atoms with Gasteiger partial charge in [-0.05, 0) is 50.0 Å². The van der Waals surface area contributed by atoms with Crippen molar-refractivity contribution in [3.05, 3.63) is 54.0 Å². The Morgan fingerprint density at radius 3 is 2.50 bits per heavy atom. The van der Waals surface area contributed by atoms with E-state index in [4.69, 9.17) is 0 Å². The Labute approximate surface area is 166 Å². The van der Waals surface area contributed by atoms with Crippen LogP contribution in [0.3, 0.4) is 0 Å². The van der Waals surface area contributed by atoms with Crippen LogP contribution in [0.25, 0.3) is 0 Å². The van der Waals surface area contributed by atoms with Crippen LogP contribution in [0.15, 0.2) is 42.7 Å². The zero-order chi connectivity index (χ0) is 19.1. The summed E-state index contributed by atoms with van der Waals surface area (Å²) in [6.07, 6.45) is 7.24. The number of carbonyl (C=O) groups is 1. The van der Waals surface area contributed by atoms with Gasteiger partial charge in [-0.15, -0.1) is 0 Å². The molecule has 0 radical (unpaired) electrons. The van der Waals surface area contributed by atoms with Gasteiger partial charge in [-0.25, -0.2) is 9.97 Å². The summed E-state index contributed by atoms with van der Waals surface area (Å²) in [5, 5.41) is 0. The maximum atomic E-state index is 13.3. The topological polar surface area (TPSA) is 49.3 Å². The van der Waals surface area contributed by atoms with Crippen LogP contribution in [0.2, 0.25) is 0 Å². The number of nitrogens with zero attached hydrogens (tertiary/aromatic N) is 4. The number of rotatable bonds is 3. The number of benzene rings is 1. The number of hydrogen-bond donors (Lipinski definition) is 0. The second kappa shape index (κ2) is 6.87. The van der Waals surface area contributed by atoms with Gasteiger partial charge >= 0.3 is 0 Å². The molecule has 146 valence electrons. The lowest BCUT2D eigenvalue weighted by Crippen LogP contribution is -2.54. The molecule has 5 heteroatoms. The molecule has 5 nitrogen and oxygen atoms in total. The first-order chi connectivity index (χ1) is 13.6. The van der Waals surface area contributed by atoms with E-state index in [1.54, 1.807) is 6.33 Å². The number of amides is 1. The minimum Gasteiger partial charge on any atom is -0.356 e. The van der Waals surface area contributed by atoms with Crippen LogP contribution in [0.5, 0.6) is 0 Å². The van der Waals surface area contributed by atoms with Crippen molar-refractivity contribution in [3.8, 4) is 0 Å². The summed E-state index contributed by atoms with van der Waals surface area (Å²) in [4.78, 5) is 26.6. The summed E-state index contributed by atoms with van der Waals surface area (Å²) in [5.41, 5.74) is 2.43. The van der Waals surface area contributed by atoms with Crippen molar-refractivity contribution in [1.29, 1.82) is 0 Å². The molecule has 1 spiro atoms. The molecule has 2 aromatic rings. The summed E-state index contributed by atoms with van der Waals surface area (Å²) in [6, 6.07) is 13.0. The molecule has 3 fully saturated rings. The highest BCUT2D eigenvalue weighted by atomic mass is 16.2. The van der Waals surface area contributed by atoms with Gasteiger partial charge in [0, 0.05) is 37.4 Å². The number of hydrogen-bond acceptors (Lipinski definition) is 4. The zero-order valence-corrected chi connectivity index (χ0v) is 16.6. The number of aryl methyl sites for hydroxylation is 1. The van der Waals surface area contributed by atoms with Crippen LogP contribution in [-0.2, 0) is 4.79 Å². The quantitative estimate of drug-likeness (QED) is 0.822. The highest BCUT2D eigenvalue weighted by Crippen LogP contribution is 2.48. The average Bonchev–Trinajstić information content (AvgIpc) is 3.56. The molecule has 1 saturated carbocycles. The van der Waals surface area contributed by atoms with Crippen molar-refractivity contribution >= 4 is 11.7 Å². The van der Waals surface area contributed by atoms with Gasteiger partial charge < -0.3 is 9.80 Å². The zero-order valence-electron chi connectivity index (χ0n) is 16.6. The van der Waals surface area contributed by atoms with E-state index in [-0.39, 0.29) is 11.3 Å². The van der Waals surface area contributed by atoms with Crippen molar-refractivity contribution in [2.75, 3.05) is 24.5 Å². The molecular weight excluding hydrogens is 348 g/mol. The molecule has 1 aliphatic carbocycles. The molecule has 1 amide bonds. The van der Waals surface area contributed by atoms with Crippen molar-refractivity contribution in [3.63, 3.8) is 0 Å². The molecule has 1 atom stereocenters. The smallest absolute Gasteiger partial charge is 0.230 e. The fourth-order valence-corrected chi connectivity index (χ4v) is 5.05. The number of piperidine rings is 2. The molecule has 0 bridgehead atoms. The first-order valence-electron chi connectivity index (χ1n) is 10.5. The molecule has 1 aromatic heterocycles. The maximum Gasteiger partial charge on any atom is 0.230 e. The fourth-order valence-electron chi connectivity index (χ4n) is 5.05. The monoisotopic (exact) mass is 376 g/mol. The lowest BCUT2D eigenvalue weighted by atomic mass is 9.67. The van der Waals surface area contributed by atoms with E-state index >= 15 is 0 Å². The first-order valence-corrected chi connectivity index (χ1v) is 10.5. The molecule has 3 aliphatic rings. The number of aromatic nitrogens is 2. The third-order valence-corrected chi connectivity index (χ3v) is 6.85. The van der Waals surface area contributed by atoms with Crippen molar-refractivity contribution in [2.24, 2.45) is 5.41 Å². The highest BCUT2D eigenvalue weighted by Gasteiger charge is 2.49. The van der Waals surface area contributed by atoms with Crippen LogP contribution in [0.4, 0.5) is 5.82 Å². The summed E-state index contributed by atoms with van der Waals surface area (Å²) in [7, 11) is 0. The molecule has 5 rings (SSSR count). The van der Waals surface area contributed by atoms with Gasteiger partial charge in [-0.2, -0.15) is 0 Å². The normalized spacial score (nSPS) is 24.6. The Balaban J connectivity index is 1.37. The summed E-state index contributed by atoms with van der Waals surface area (Å²) < 4.78 is 0. The Hall–Kier alpha value is -2.43. The third-order valence-electron chi connectivity index (χ3n) is 6.85. The lowest BCUT2D eigenvalue weighted by molar-refractivity contribution is -0.141. The predicted molar refractivity (Wildman–Crippen MR) is 109 cm³/mol. The number of carbonyl (C=O) groups excluding carboxylic acids is 1. The minimum absolute atomic E-state index is 0.0170. The first kappa shape index (κ1) is 17.7. The van der Waals surface area contributed by atoms with E-state index in [9.17, 15) is 4.79 Å². The number of likely N-dealkylation sites (tertiary alicyclic amines) is 1. The van der Waals surface area contributed by atoms with Gasteiger partial charge in [0.15, 0.2) is 0 Å². The van der Waals surface area contributed by atoms with Crippen molar-refractivity contribution < 1.29 is 4.79 Å². The van der Waals surface area contributed by atoms with Gasteiger partial charge in [0.1, 0.15) is 12.1 Å². The van der Waals surface area contributed by atoms with E-state index in [1.807, 2.05) is 13.0 Å². The second-order valence-electron chi connectivity index (χ2n) is 8.87. The molecular formula is C23H28N4O. The highest BCUT2D eigenvalue weighted by molar-refractivity contribution is 5.85. The summed E-state index contributed by atoms with van der Waals surface area (Å²) in [6.45, 7) is 4.97. The maximum absolute atomic E-state index is 13.3. The molecule has 3 heterocycles. The molecule has 0 N–H and O–H groups in total. The largest absolute Gasteiger partial charge is 0.356 e. The van der Waals surface area contributed by atoms with Gasteiger partial charge in [0.05, 0.1) is 5.92 Å². The lowest BCUT2D eigenvalue weighted by Gasteiger charge is -2.50. The van der Waals surface area contributed by atoms with Crippen LogP contribution >= 0.6 is 0 Å². The van der Waals surface area contributed by atoms with Crippen molar-refractivity contribution in [2.45, 2.75) is 51.0 Å². The molecule has 28 heavy (non-hydrogen) atoms. The Bertz CT molecular complexity index is 856. The van der Waals surface area contributed by atoms with E-state index < -0.39 is 0 Å². The Morgan fingerprint density at radius 1 is 1.07 bits per heavy atom. The van der Waals surface area contributed by atoms with Crippen LogP contribution < -0.4 is 4.90 Å². The molecule has 0 unspecified atom stereocenters. The Kier molecular flexibility index (Phi) is 4.33. The van der Waals surface area contributed by atoms with Gasteiger partial charge in [-0.3, -0.25) is 4.79 Å². The van der Waals surface area contributed by atoms with Gasteiger partial charge in [-0.1, -0.05) is 30.3 Å². The standard InChI is InChI=1S/C23H28N4O/c1-17-13-21(25-16-24-17)26-11-9-23(10-12-26)14-20(18-5-3-2-4-6-18)22(28)27(15-23)19-7-8-19/h2-6,13,16,19-20H,7-12,14-15H2,1H3/t20-/m1/s1. The van der Waals surface area contributed by atoms with E-state index in [1.165, 1.54) is 18.4 Å². The van der Waals surface area contributed by atoms with E-state index in [2.05, 4.69) is 50.1 Å². The SMILES string of the molecule is Cc1cc(N2CCC3(CC2)C[C@H](c2ccccc2)C(=O)N(C2CC2)C3)ncn1. The minimum atomic E-state index is 0.0170. The summed E-state index contributed by atoms with van der Waals surface area (Å²) >= 11 is 0. The fraction of sp³-hybridized carbons (Fsp3) is 0.522. The molecule has 1 aromatic carbocycles. The average molecular weight is 377 g/mol. The van der Waals surface area contributed by atoms with E-state index in [0.717, 1.165) is 50.4 Å². The van der Waals surface area contributed by atoms with Crippen LogP contribution in [0, 0.1) is 12.3 Å². The second-order valence-corrected chi connectivity index (χ2v) is 8.87. The van der Waals surface area contributed by atoms with Gasteiger partial charge in [0.25, 0.3) is 0 Å². The summed E-state index contributed by atoms with van der Waals surface area (Å²) in [5.74, 6) is 1.41. The van der Waals surface area contributed by atoms with Gasteiger partial charge in [0.2, 0.25) is 5.91 Å². The molecule has 2 saturated heterocycles. The van der Waals surface area contributed by atoms with Crippen LogP contribution in [-0.4, -0.2) is 46.5 Å². The van der Waals surface area contributed by atoms with Crippen LogP contribution in [0.1, 0.15) is 49.3 Å². The predicted octanol–water partition coefficient (Wildman–Crippen LogP) is 3.55.